The zero-order valence-corrected chi connectivity index (χ0v) is 19.3. The zero-order valence-electron chi connectivity index (χ0n) is 18.6. The Morgan fingerprint density at radius 1 is 1.06 bits per heavy atom. The molecule has 2 aromatic carbocycles. The molecule has 0 aromatic heterocycles. The van der Waals surface area contributed by atoms with Crippen LogP contribution in [0, 0.1) is 12.8 Å². The van der Waals surface area contributed by atoms with Gasteiger partial charge in [0, 0.05) is 17.5 Å². The van der Waals surface area contributed by atoms with Gasteiger partial charge in [0.2, 0.25) is 5.91 Å². The van der Waals surface area contributed by atoms with E-state index in [0.717, 1.165) is 29.7 Å². The second-order valence-electron chi connectivity index (χ2n) is 8.38. The van der Waals surface area contributed by atoms with Gasteiger partial charge in [-0.15, -0.1) is 0 Å². The van der Waals surface area contributed by atoms with Gasteiger partial charge in [0.05, 0.1) is 37.2 Å². The molecule has 2 aromatic rings. The van der Waals surface area contributed by atoms with Crippen LogP contribution in [0.15, 0.2) is 30.3 Å². The maximum atomic E-state index is 13.9. The molecular weight excluding hydrogens is 430 g/mol. The zero-order chi connectivity index (χ0) is 23.0. The van der Waals surface area contributed by atoms with Crippen LogP contribution in [0.25, 0.3) is 0 Å². The third-order valence-electron chi connectivity index (χ3n) is 6.62. The second-order valence-corrected chi connectivity index (χ2v) is 8.79. The normalized spacial score (nSPS) is 20.7. The molecule has 1 saturated carbocycles. The molecule has 0 radical (unpaired) electrons. The van der Waals surface area contributed by atoms with Crippen LogP contribution in [0.2, 0.25) is 5.02 Å². The number of aryl methyl sites for hydroxylation is 1. The summed E-state index contributed by atoms with van der Waals surface area (Å²) in [6.07, 6.45) is 2.88. The number of hydrogen-bond acceptors (Lipinski definition) is 4. The Morgan fingerprint density at radius 2 is 1.72 bits per heavy atom. The van der Waals surface area contributed by atoms with Crippen molar-refractivity contribution >= 4 is 34.9 Å². The topological polar surface area (TPSA) is 85.1 Å². The number of fused-ring (bicyclic) bond motifs is 1. The van der Waals surface area contributed by atoms with Crippen molar-refractivity contribution in [3.05, 3.63) is 46.5 Å². The Kier molecular flexibility index (Phi) is 6.20. The molecule has 2 aliphatic rings. The average molecular weight is 458 g/mol. The number of anilines is 2. The lowest BCUT2D eigenvalue weighted by atomic mass is 9.84. The number of nitrogens with zero attached hydrogens (tertiary/aromatic N) is 2. The number of rotatable bonds is 5. The molecule has 3 amide bonds. The minimum atomic E-state index is -0.256. The third-order valence-corrected chi connectivity index (χ3v) is 6.92. The molecule has 32 heavy (non-hydrogen) atoms. The lowest BCUT2D eigenvalue weighted by Crippen LogP contribution is -2.51. The van der Waals surface area contributed by atoms with Crippen molar-refractivity contribution in [1.29, 1.82) is 0 Å². The first-order valence-corrected chi connectivity index (χ1v) is 11.1. The van der Waals surface area contributed by atoms with Gasteiger partial charge in [0.25, 0.3) is 0 Å². The van der Waals surface area contributed by atoms with Gasteiger partial charge in [0.15, 0.2) is 0 Å². The summed E-state index contributed by atoms with van der Waals surface area (Å²) in [7, 11) is 3.16. The van der Waals surface area contributed by atoms with Crippen molar-refractivity contribution in [2.24, 2.45) is 11.7 Å². The van der Waals surface area contributed by atoms with Crippen LogP contribution >= 0.6 is 11.6 Å². The predicted molar refractivity (Wildman–Crippen MR) is 124 cm³/mol. The summed E-state index contributed by atoms with van der Waals surface area (Å²) < 4.78 is 10.9. The number of hydrogen-bond donors (Lipinski definition) is 1. The lowest BCUT2D eigenvalue weighted by Gasteiger charge is -2.44. The van der Waals surface area contributed by atoms with E-state index in [-0.39, 0.29) is 23.9 Å². The van der Waals surface area contributed by atoms with Crippen molar-refractivity contribution in [1.82, 2.24) is 4.90 Å². The van der Waals surface area contributed by atoms with Gasteiger partial charge in [-0.3, -0.25) is 9.69 Å². The summed E-state index contributed by atoms with van der Waals surface area (Å²) in [6, 6.07) is 9.10. The van der Waals surface area contributed by atoms with Crippen LogP contribution in [0.3, 0.4) is 0 Å². The quantitative estimate of drug-likeness (QED) is 0.699. The highest BCUT2D eigenvalue weighted by Gasteiger charge is 2.40. The van der Waals surface area contributed by atoms with Crippen LogP contribution in [0.1, 0.15) is 36.8 Å². The Labute approximate surface area is 193 Å². The fourth-order valence-corrected chi connectivity index (χ4v) is 5.03. The van der Waals surface area contributed by atoms with Gasteiger partial charge < -0.3 is 20.1 Å². The van der Waals surface area contributed by atoms with Gasteiger partial charge in [-0.2, -0.15) is 0 Å². The SMILES string of the molecule is COc1ccc(N2C(=O)N(C3CCC(C(N)=O)CC3)Cc3c(C)ccc(OC)c32)cc1Cl. The Morgan fingerprint density at radius 3 is 2.31 bits per heavy atom. The number of amides is 3. The van der Waals surface area contributed by atoms with Crippen LogP contribution < -0.4 is 20.1 Å². The van der Waals surface area contributed by atoms with Gasteiger partial charge >= 0.3 is 6.03 Å². The number of nitrogens with two attached hydrogens (primary N) is 1. The Hall–Kier alpha value is -2.93. The number of benzene rings is 2. The van der Waals surface area contributed by atoms with Crippen molar-refractivity contribution in [2.45, 2.75) is 45.2 Å². The highest BCUT2D eigenvalue weighted by molar-refractivity contribution is 6.32. The van der Waals surface area contributed by atoms with E-state index in [2.05, 4.69) is 0 Å². The summed E-state index contributed by atoms with van der Waals surface area (Å²) in [5.74, 6) is 0.798. The van der Waals surface area contributed by atoms with Crippen molar-refractivity contribution in [2.75, 3.05) is 19.1 Å². The number of urea groups is 1. The summed E-state index contributed by atoms with van der Waals surface area (Å²) in [5, 5.41) is 0.421. The van der Waals surface area contributed by atoms with Crippen molar-refractivity contribution in [3.8, 4) is 11.5 Å². The molecule has 0 atom stereocenters. The molecule has 1 fully saturated rings. The average Bonchev–Trinajstić information content (AvgIpc) is 2.79. The van der Waals surface area contributed by atoms with E-state index in [1.807, 2.05) is 30.0 Å². The minimum absolute atomic E-state index is 0.0353. The lowest BCUT2D eigenvalue weighted by molar-refractivity contribution is -0.123. The van der Waals surface area contributed by atoms with E-state index in [9.17, 15) is 9.59 Å². The molecule has 7 nitrogen and oxygen atoms in total. The molecule has 2 N–H and O–H groups in total. The fraction of sp³-hybridized carbons (Fsp3) is 0.417. The number of carbonyl (C=O) groups is 2. The minimum Gasteiger partial charge on any atom is -0.495 e. The first-order valence-electron chi connectivity index (χ1n) is 10.8. The first-order chi connectivity index (χ1) is 15.3. The maximum Gasteiger partial charge on any atom is 0.329 e. The van der Waals surface area contributed by atoms with E-state index < -0.39 is 0 Å². The smallest absolute Gasteiger partial charge is 0.329 e. The summed E-state index contributed by atoms with van der Waals surface area (Å²) in [5.41, 5.74) is 8.99. The summed E-state index contributed by atoms with van der Waals surface area (Å²) in [6.45, 7) is 2.53. The number of methoxy groups -OCH3 is 2. The second kappa shape index (κ2) is 8.90. The Bertz CT molecular complexity index is 1050. The van der Waals surface area contributed by atoms with Gasteiger partial charge in [-0.1, -0.05) is 17.7 Å². The number of primary amides is 1. The molecule has 8 heteroatoms. The van der Waals surface area contributed by atoms with E-state index >= 15 is 0 Å². The van der Waals surface area contributed by atoms with Crippen molar-refractivity contribution < 1.29 is 19.1 Å². The van der Waals surface area contributed by atoms with Gasteiger partial charge in [-0.25, -0.2) is 4.79 Å². The van der Waals surface area contributed by atoms with E-state index in [1.165, 1.54) is 0 Å². The molecule has 170 valence electrons. The molecule has 4 rings (SSSR count). The van der Waals surface area contributed by atoms with Crippen LogP contribution in [-0.2, 0) is 11.3 Å². The molecule has 1 heterocycles. The van der Waals surface area contributed by atoms with Crippen molar-refractivity contribution in [3.63, 3.8) is 0 Å². The highest BCUT2D eigenvalue weighted by atomic mass is 35.5. The molecule has 1 aliphatic heterocycles. The Balaban J connectivity index is 1.78. The molecule has 0 saturated heterocycles. The van der Waals surface area contributed by atoms with E-state index in [0.29, 0.717) is 41.6 Å². The standard InChI is InChI=1S/C24H28ClN3O4/c1-14-4-10-21(32-3)22-18(14)13-27(16-7-5-15(6-8-16)23(26)29)24(30)28(22)17-9-11-20(31-2)19(25)12-17/h4,9-12,15-16H,5-8,13H2,1-3H3,(H2,26,29). The summed E-state index contributed by atoms with van der Waals surface area (Å²) in [4.78, 5) is 29.1. The monoisotopic (exact) mass is 457 g/mol. The first kappa shape index (κ1) is 22.3. The highest BCUT2D eigenvalue weighted by Crippen LogP contribution is 2.45. The molecule has 0 bridgehead atoms. The molecule has 0 spiro atoms. The maximum absolute atomic E-state index is 13.9. The van der Waals surface area contributed by atoms with E-state index in [1.54, 1.807) is 31.3 Å². The molecular formula is C24H28ClN3O4. The van der Waals surface area contributed by atoms with Gasteiger partial charge in [-0.05, 0) is 62.4 Å². The number of ether oxygens (including phenoxy) is 2. The fourth-order valence-electron chi connectivity index (χ4n) is 4.78. The van der Waals surface area contributed by atoms with Crippen LogP contribution in [0.4, 0.5) is 16.2 Å². The number of carbonyl (C=O) groups excluding carboxylic acids is 2. The molecule has 1 aliphatic carbocycles. The largest absolute Gasteiger partial charge is 0.495 e. The molecule has 0 unspecified atom stereocenters. The third kappa shape index (κ3) is 3.86. The predicted octanol–water partition coefficient (Wildman–Crippen LogP) is 4.78. The van der Waals surface area contributed by atoms with Gasteiger partial charge in [0.1, 0.15) is 11.5 Å². The van der Waals surface area contributed by atoms with E-state index in [4.69, 9.17) is 26.8 Å². The number of halogens is 1. The van der Waals surface area contributed by atoms with Crippen LogP contribution in [0.5, 0.6) is 11.5 Å². The van der Waals surface area contributed by atoms with Crippen LogP contribution in [-0.4, -0.2) is 37.1 Å². The summed E-state index contributed by atoms with van der Waals surface area (Å²) >= 11 is 6.41.